The predicted octanol–water partition coefficient (Wildman–Crippen LogP) is 3.54. The number of aldehydes is 1. The summed E-state index contributed by atoms with van der Waals surface area (Å²) < 4.78 is 14.9. The summed E-state index contributed by atoms with van der Waals surface area (Å²) in [5.41, 5.74) is 1.79. The molecule has 0 aliphatic heterocycles. The summed E-state index contributed by atoms with van der Waals surface area (Å²) in [6, 6.07) is 12.8. The summed E-state index contributed by atoms with van der Waals surface area (Å²) in [7, 11) is 0. The average Bonchev–Trinajstić information content (AvgIpc) is 2.92. The minimum atomic E-state index is -0.395. The number of benzene rings is 2. The lowest BCUT2D eigenvalue weighted by molar-refractivity contribution is 0.111. The molecule has 0 atom stereocenters. The fourth-order valence-electron chi connectivity index (χ4n) is 2.04. The van der Waals surface area contributed by atoms with Gasteiger partial charge in [-0.1, -0.05) is 28.9 Å². The van der Waals surface area contributed by atoms with Gasteiger partial charge in [0.15, 0.2) is 12.0 Å². The highest BCUT2D eigenvalue weighted by Crippen LogP contribution is 2.25. The van der Waals surface area contributed by atoms with E-state index in [0.29, 0.717) is 28.3 Å². The quantitative estimate of drug-likeness (QED) is 0.695. The molecule has 2 aromatic carbocycles. The molecule has 0 aliphatic carbocycles. The number of hydrogen-bond donors (Lipinski definition) is 0. The molecule has 0 saturated carbocycles. The number of hydrogen-bond acceptors (Lipinski definition) is 3. The van der Waals surface area contributed by atoms with Crippen molar-refractivity contribution in [1.82, 2.24) is 15.0 Å². The maximum absolute atomic E-state index is 13.4. The first-order valence-electron chi connectivity index (χ1n) is 6.12. The molecule has 21 heavy (non-hydrogen) atoms. The lowest BCUT2D eigenvalue weighted by atomic mass is 10.1. The zero-order valence-electron chi connectivity index (χ0n) is 10.7. The van der Waals surface area contributed by atoms with Gasteiger partial charge in [-0.15, -0.1) is 5.10 Å². The van der Waals surface area contributed by atoms with E-state index >= 15 is 0 Å². The molecule has 0 saturated heterocycles. The second-order valence-corrected chi connectivity index (χ2v) is 4.78. The van der Waals surface area contributed by atoms with Crippen molar-refractivity contribution in [1.29, 1.82) is 0 Å². The van der Waals surface area contributed by atoms with Gasteiger partial charge >= 0.3 is 0 Å². The van der Waals surface area contributed by atoms with E-state index in [9.17, 15) is 9.18 Å². The Balaban J connectivity index is 2.21. The molecule has 3 rings (SSSR count). The third-order valence-electron chi connectivity index (χ3n) is 2.98. The average molecular weight is 302 g/mol. The van der Waals surface area contributed by atoms with Crippen LogP contribution < -0.4 is 0 Å². The number of aromatic nitrogens is 3. The lowest BCUT2D eigenvalue weighted by Crippen LogP contribution is -2.00. The molecular weight excluding hydrogens is 293 g/mol. The SMILES string of the molecule is O=Cc1nnn(-c2ccc(Cl)cc2)c1-c1cccc(F)c1. The number of halogens is 2. The molecule has 0 N–H and O–H groups in total. The molecule has 0 unspecified atom stereocenters. The first kappa shape index (κ1) is 13.5. The standard InChI is InChI=1S/C15H9ClFN3O/c16-11-4-6-13(7-5-11)20-15(14(9-21)18-19-20)10-2-1-3-12(17)8-10/h1-9H. The molecule has 1 aromatic heterocycles. The van der Waals surface area contributed by atoms with Gasteiger partial charge in [-0.25, -0.2) is 9.07 Å². The third-order valence-corrected chi connectivity index (χ3v) is 3.23. The number of rotatable bonds is 3. The van der Waals surface area contributed by atoms with Gasteiger partial charge in [0.05, 0.1) is 5.69 Å². The Bertz CT molecular complexity index is 799. The highest BCUT2D eigenvalue weighted by Gasteiger charge is 2.16. The third kappa shape index (κ3) is 2.55. The molecule has 104 valence electrons. The molecule has 0 radical (unpaired) electrons. The molecule has 6 heteroatoms. The van der Waals surface area contributed by atoms with Crippen molar-refractivity contribution in [2.24, 2.45) is 0 Å². The number of carbonyl (C=O) groups is 1. The van der Waals surface area contributed by atoms with Gasteiger partial charge in [0.1, 0.15) is 11.5 Å². The fraction of sp³-hybridized carbons (Fsp3) is 0. The summed E-state index contributed by atoms with van der Waals surface area (Å²) >= 11 is 5.86. The van der Waals surface area contributed by atoms with E-state index in [1.807, 2.05) is 0 Å². The minimum Gasteiger partial charge on any atom is -0.296 e. The smallest absolute Gasteiger partial charge is 0.172 e. The molecule has 0 aliphatic rings. The van der Waals surface area contributed by atoms with E-state index in [1.165, 1.54) is 16.8 Å². The Kier molecular flexibility index (Phi) is 3.50. The highest BCUT2D eigenvalue weighted by atomic mass is 35.5. The molecule has 0 bridgehead atoms. The topological polar surface area (TPSA) is 47.8 Å². The highest BCUT2D eigenvalue weighted by molar-refractivity contribution is 6.30. The van der Waals surface area contributed by atoms with Crippen LogP contribution in [0.3, 0.4) is 0 Å². The van der Waals surface area contributed by atoms with Gasteiger partial charge in [-0.2, -0.15) is 0 Å². The van der Waals surface area contributed by atoms with Crippen LogP contribution in [0, 0.1) is 5.82 Å². The van der Waals surface area contributed by atoms with Crippen molar-refractivity contribution in [2.75, 3.05) is 0 Å². The van der Waals surface area contributed by atoms with Crippen molar-refractivity contribution in [3.05, 3.63) is 65.1 Å². The largest absolute Gasteiger partial charge is 0.296 e. The van der Waals surface area contributed by atoms with Crippen LogP contribution in [0.25, 0.3) is 16.9 Å². The molecule has 3 aromatic rings. The second-order valence-electron chi connectivity index (χ2n) is 4.34. The summed E-state index contributed by atoms with van der Waals surface area (Å²) in [5, 5.41) is 8.38. The van der Waals surface area contributed by atoms with Crippen LogP contribution in [-0.4, -0.2) is 21.3 Å². The van der Waals surface area contributed by atoms with Crippen molar-refractivity contribution in [3.8, 4) is 16.9 Å². The van der Waals surface area contributed by atoms with Crippen LogP contribution in [-0.2, 0) is 0 Å². The van der Waals surface area contributed by atoms with E-state index in [-0.39, 0.29) is 5.69 Å². The number of carbonyl (C=O) groups excluding carboxylic acids is 1. The molecule has 1 heterocycles. The maximum atomic E-state index is 13.4. The van der Waals surface area contributed by atoms with Crippen LogP contribution in [0.4, 0.5) is 4.39 Å². The van der Waals surface area contributed by atoms with Crippen LogP contribution >= 0.6 is 11.6 Å². The van der Waals surface area contributed by atoms with Gasteiger partial charge in [0.25, 0.3) is 0 Å². The van der Waals surface area contributed by atoms with E-state index in [2.05, 4.69) is 10.3 Å². The van der Waals surface area contributed by atoms with E-state index < -0.39 is 5.82 Å². The van der Waals surface area contributed by atoms with Crippen LogP contribution in [0.5, 0.6) is 0 Å². The monoisotopic (exact) mass is 301 g/mol. The van der Waals surface area contributed by atoms with Gasteiger partial charge in [-0.3, -0.25) is 4.79 Å². The van der Waals surface area contributed by atoms with E-state index in [1.54, 1.807) is 36.4 Å². The first-order valence-corrected chi connectivity index (χ1v) is 6.49. The maximum Gasteiger partial charge on any atom is 0.172 e. The van der Waals surface area contributed by atoms with Crippen molar-refractivity contribution < 1.29 is 9.18 Å². The molecule has 4 nitrogen and oxygen atoms in total. The van der Waals surface area contributed by atoms with Crippen molar-refractivity contribution in [2.45, 2.75) is 0 Å². The van der Waals surface area contributed by atoms with Crippen LogP contribution in [0.2, 0.25) is 5.02 Å². The molecule has 0 spiro atoms. The van der Waals surface area contributed by atoms with E-state index in [4.69, 9.17) is 11.6 Å². The Hall–Kier alpha value is -2.53. The lowest BCUT2D eigenvalue weighted by Gasteiger charge is -2.07. The normalized spacial score (nSPS) is 10.6. The summed E-state index contributed by atoms with van der Waals surface area (Å²) in [6.07, 6.45) is 0.597. The second kappa shape index (κ2) is 5.46. The Morgan fingerprint density at radius 2 is 1.90 bits per heavy atom. The van der Waals surface area contributed by atoms with Crippen molar-refractivity contribution in [3.63, 3.8) is 0 Å². The number of nitrogens with zero attached hydrogens (tertiary/aromatic N) is 3. The van der Waals surface area contributed by atoms with Gasteiger partial charge < -0.3 is 0 Å². The molecular formula is C15H9ClFN3O. The Morgan fingerprint density at radius 1 is 1.14 bits per heavy atom. The van der Waals surface area contributed by atoms with Gasteiger partial charge in [0.2, 0.25) is 0 Å². The Labute approximate surface area is 124 Å². The zero-order valence-corrected chi connectivity index (χ0v) is 11.5. The molecule has 0 amide bonds. The zero-order chi connectivity index (χ0) is 14.8. The summed E-state index contributed by atoms with van der Waals surface area (Å²) in [5.74, 6) is -0.395. The first-order chi connectivity index (χ1) is 10.2. The van der Waals surface area contributed by atoms with E-state index in [0.717, 1.165) is 0 Å². The summed E-state index contributed by atoms with van der Waals surface area (Å²) in [6.45, 7) is 0. The van der Waals surface area contributed by atoms with Crippen LogP contribution in [0.15, 0.2) is 48.5 Å². The van der Waals surface area contributed by atoms with Crippen molar-refractivity contribution >= 4 is 17.9 Å². The predicted molar refractivity (Wildman–Crippen MR) is 77.2 cm³/mol. The van der Waals surface area contributed by atoms with Gasteiger partial charge in [-0.05, 0) is 36.4 Å². The fourth-order valence-corrected chi connectivity index (χ4v) is 2.17. The van der Waals surface area contributed by atoms with Crippen LogP contribution in [0.1, 0.15) is 10.5 Å². The Morgan fingerprint density at radius 3 is 2.57 bits per heavy atom. The molecule has 0 fully saturated rings. The minimum absolute atomic E-state index is 0.149. The van der Waals surface area contributed by atoms with Gasteiger partial charge in [0, 0.05) is 10.6 Å². The summed E-state index contributed by atoms with van der Waals surface area (Å²) in [4.78, 5) is 11.2.